The maximum absolute atomic E-state index is 6.20. The molecular formula is C14H20ClNO. The number of hydrogen-bond acceptors (Lipinski definition) is 2. The minimum atomic E-state index is 0.115. The molecule has 0 saturated heterocycles. The zero-order valence-electron chi connectivity index (χ0n) is 10.8. The highest BCUT2D eigenvalue weighted by Gasteiger charge is 2.13. The van der Waals surface area contributed by atoms with Gasteiger partial charge in [0.05, 0.1) is 0 Å². The molecule has 0 fully saturated rings. The number of halogens is 1. The minimum Gasteiger partial charge on any atom is -0.473 e. The van der Waals surface area contributed by atoms with E-state index in [1.807, 2.05) is 26.0 Å². The lowest BCUT2D eigenvalue weighted by Gasteiger charge is -2.18. The third-order valence-corrected chi connectivity index (χ3v) is 3.02. The molecule has 1 atom stereocenters. The first-order valence-corrected chi connectivity index (χ1v) is 6.37. The summed E-state index contributed by atoms with van der Waals surface area (Å²) in [5.41, 5.74) is 1.93. The predicted octanol–water partition coefficient (Wildman–Crippen LogP) is 4.48. The Kier molecular flexibility index (Phi) is 5.49. The number of pyridine rings is 1. The summed E-state index contributed by atoms with van der Waals surface area (Å²) < 4.78 is 5.87. The molecule has 0 N–H and O–H groups in total. The van der Waals surface area contributed by atoms with E-state index < -0.39 is 0 Å². The molecule has 0 aromatic carbocycles. The van der Waals surface area contributed by atoms with Crippen molar-refractivity contribution in [2.24, 2.45) is 0 Å². The van der Waals surface area contributed by atoms with Gasteiger partial charge in [0.1, 0.15) is 11.1 Å². The van der Waals surface area contributed by atoms with Crippen LogP contribution in [0.25, 0.3) is 0 Å². The Bertz CT molecular complexity index is 390. The van der Waals surface area contributed by atoms with Crippen LogP contribution < -0.4 is 4.74 Å². The van der Waals surface area contributed by atoms with Crippen molar-refractivity contribution in [1.29, 1.82) is 0 Å². The smallest absolute Gasteiger partial charge is 0.233 e. The van der Waals surface area contributed by atoms with E-state index in [0.717, 1.165) is 30.5 Å². The molecule has 1 aromatic rings. The van der Waals surface area contributed by atoms with E-state index in [0.29, 0.717) is 10.9 Å². The van der Waals surface area contributed by atoms with Crippen LogP contribution in [0.1, 0.15) is 37.4 Å². The molecule has 0 unspecified atom stereocenters. The van der Waals surface area contributed by atoms with Gasteiger partial charge in [-0.05, 0) is 31.9 Å². The van der Waals surface area contributed by atoms with Crippen LogP contribution in [0.15, 0.2) is 18.7 Å². The molecule has 3 heteroatoms. The van der Waals surface area contributed by atoms with E-state index in [2.05, 4.69) is 18.5 Å². The molecule has 0 amide bonds. The second-order valence-corrected chi connectivity index (χ2v) is 4.63. The lowest BCUT2D eigenvalue weighted by Crippen LogP contribution is -2.16. The van der Waals surface area contributed by atoms with Gasteiger partial charge in [-0.1, -0.05) is 31.0 Å². The SMILES string of the molecule is C=CC[C@@H](CCC)Oc1nc(C)cc(C)c1Cl. The van der Waals surface area contributed by atoms with Crippen molar-refractivity contribution in [3.63, 3.8) is 0 Å². The molecule has 0 aliphatic heterocycles. The number of nitrogens with zero attached hydrogens (tertiary/aromatic N) is 1. The molecule has 94 valence electrons. The normalized spacial score (nSPS) is 12.2. The first-order valence-electron chi connectivity index (χ1n) is 5.99. The van der Waals surface area contributed by atoms with Crippen LogP contribution >= 0.6 is 11.6 Å². The van der Waals surface area contributed by atoms with Crippen LogP contribution in [0.4, 0.5) is 0 Å². The van der Waals surface area contributed by atoms with Gasteiger partial charge in [-0.3, -0.25) is 0 Å². The van der Waals surface area contributed by atoms with Gasteiger partial charge in [-0.2, -0.15) is 0 Å². The third-order valence-electron chi connectivity index (χ3n) is 2.56. The number of hydrogen-bond donors (Lipinski definition) is 0. The summed E-state index contributed by atoms with van der Waals surface area (Å²) in [5.74, 6) is 0.546. The van der Waals surface area contributed by atoms with Crippen molar-refractivity contribution in [3.8, 4) is 5.88 Å². The highest BCUT2D eigenvalue weighted by Crippen LogP contribution is 2.28. The fourth-order valence-corrected chi connectivity index (χ4v) is 1.90. The molecule has 0 radical (unpaired) electrons. The Labute approximate surface area is 109 Å². The van der Waals surface area contributed by atoms with E-state index in [1.165, 1.54) is 0 Å². The van der Waals surface area contributed by atoms with Gasteiger partial charge in [0.25, 0.3) is 0 Å². The maximum Gasteiger partial charge on any atom is 0.233 e. The van der Waals surface area contributed by atoms with Crippen LogP contribution in [0.5, 0.6) is 5.88 Å². The van der Waals surface area contributed by atoms with Crippen molar-refractivity contribution in [1.82, 2.24) is 4.98 Å². The van der Waals surface area contributed by atoms with Gasteiger partial charge in [0.2, 0.25) is 5.88 Å². The Hall–Kier alpha value is -1.02. The minimum absolute atomic E-state index is 0.115. The lowest BCUT2D eigenvalue weighted by molar-refractivity contribution is 0.185. The largest absolute Gasteiger partial charge is 0.473 e. The Morgan fingerprint density at radius 1 is 1.53 bits per heavy atom. The first kappa shape index (κ1) is 14.0. The number of rotatable bonds is 6. The van der Waals surface area contributed by atoms with Crippen LogP contribution in [-0.2, 0) is 0 Å². The molecule has 0 aliphatic rings. The number of aryl methyl sites for hydroxylation is 2. The fourth-order valence-electron chi connectivity index (χ4n) is 1.76. The predicted molar refractivity (Wildman–Crippen MR) is 72.9 cm³/mol. The summed E-state index contributed by atoms with van der Waals surface area (Å²) in [6.45, 7) is 9.79. The lowest BCUT2D eigenvalue weighted by atomic mass is 10.1. The summed E-state index contributed by atoms with van der Waals surface area (Å²) in [6, 6.07) is 1.96. The molecule has 0 aliphatic carbocycles. The molecule has 2 nitrogen and oxygen atoms in total. The number of ether oxygens (including phenoxy) is 1. The van der Waals surface area contributed by atoms with Crippen molar-refractivity contribution in [2.75, 3.05) is 0 Å². The van der Waals surface area contributed by atoms with Crippen LogP contribution in [0, 0.1) is 13.8 Å². The zero-order valence-corrected chi connectivity index (χ0v) is 11.5. The topological polar surface area (TPSA) is 22.1 Å². The van der Waals surface area contributed by atoms with Crippen molar-refractivity contribution < 1.29 is 4.74 Å². The molecule has 0 spiro atoms. The van der Waals surface area contributed by atoms with Crippen molar-refractivity contribution in [3.05, 3.63) is 35.0 Å². The van der Waals surface area contributed by atoms with Crippen LogP contribution in [0.3, 0.4) is 0 Å². The van der Waals surface area contributed by atoms with Crippen LogP contribution in [-0.4, -0.2) is 11.1 Å². The van der Waals surface area contributed by atoms with Gasteiger partial charge in [0.15, 0.2) is 0 Å². The van der Waals surface area contributed by atoms with Gasteiger partial charge in [-0.15, -0.1) is 6.58 Å². The van der Waals surface area contributed by atoms with Gasteiger partial charge >= 0.3 is 0 Å². The summed E-state index contributed by atoms with van der Waals surface area (Å²) in [7, 11) is 0. The average Bonchev–Trinajstić information content (AvgIpc) is 2.26. The Balaban J connectivity index is 2.88. The summed E-state index contributed by atoms with van der Waals surface area (Å²) >= 11 is 6.20. The van der Waals surface area contributed by atoms with E-state index in [9.17, 15) is 0 Å². The fraction of sp³-hybridized carbons (Fsp3) is 0.500. The molecule has 1 heterocycles. The quantitative estimate of drug-likeness (QED) is 0.698. The van der Waals surface area contributed by atoms with Crippen LogP contribution in [0.2, 0.25) is 5.02 Å². The van der Waals surface area contributed by atoms with E-state index >= 15 is 0 Å². The standard InChI is InChI=1S/C14H20ClNO/c1-5-7-12(8-6-2)17-14-13(15)10(3)9-11(4)16-14/h5,9,12H,1,6-8H2,2-4H3/t12-/m0/s1. The molecule has 1 rings (SSSR count). The molecule has 17 heavy (non-hydrogen) atoms. The van der Waals surface area contributed by atoms with Gasteiger partial charge < -0.3 is 4.74 Å². The molecular weight excluding hydrogens is 234 g/mol. The Morgan fingerprint density at radius 3 is 2.82 bits per heavy atom. The van der Waals surface area contributed by atoms with Crippen molar-refractivity contribution >= 4 is 11.6 Å². The van der Waals surface area contributed by atoms with Crippen molar-refractivity contribution in [2.45, 2.75) is 46.1 Å². The van der Waals surface area contributed by atoms with E-state index in [4.69, 9.17) is 16.3 Å². The highest BCUT2D eigenvalue weighted by molar-refractivity contribution is 6.32. The van der Waals surface area contributed by atoms with E-state index in [1.54, 1.807) is 0 Å². The van der Waals surface area contributed by atoms with Gasteiger partial charge in [-0.25, -0.2) is 4.98 Å². The third kappa shape index (κ3) is 4.04. The second-order valence-electron chi connectivity index (χ2n) is 4.25. The molecule has 0 saturated carbocycles. The van der Waals surface area contributed by atoms with Gasteiger partial charge in [0, 0.05) is 12.1 Å². The Morgan fingerprint density at radius 2 is 2.24 bits per heavy atom. The second kappa shape index (κ2) is 6.65. The average molecular weight is 254 g/mol. The molecule has 0 bridgehead atoms. The maximum atomic E-state index is 6.20. The summed E-state index contributed by atoms with van der Waals surface area (Å²) in [4.78, 5) is 4.35. The molecule has 1 aromatic heterocycles. The highest BCUT2D eigenvalue weighted by atomic mass is 35.5. The monoisotopic (exact) mass is 253 g/mol. The summed E-state index contributed by atoms with van der Waals surface area (Å²) in [6.07, 6.45) is 4.86. The zero-order chi connectivity index (χ0) is 12.8. The number of aromatic nitrogens is 1. The summed E-state index contributed by atoms with van der Waals surface area (Å²) in [5, 5.41) is 0.612. The first-order chi connectivity index (χ1) is 8.08. The van der Waals surface area contributed by atoms with E-state index in [-0.39, 0.29) is 6.10 Å².